The lowest BCUT2D eigenvalue weighted by Gasteiger charge is -2.10. The molecule has 0 radical (unpaired) electrons. The quantitative estimate of drug-likeness (QED) is 0.402. The van der Waals surface area contributed by atoms with Crippen molar-refractivity contribution in [3.63, 3.8) is 0 Å². The monoisotopic (exact) mass is 427 g/mol. The van der Waals surface area contributed by atoms with Crippen LogP contribution in [0.25, 0.3) is 10.9 Å². The number of hydrogen-bond donors (Lipinski definition) is 3. The predicted molar refractivity (Wildman–Crippen MR) is 122 cm³/mol. The van der Waals surface area contributed by atoms with Gasteiger partial charge in [-0.3, -0.25) is 9.59 Å². The first-order chi connectivity index (χ1) is 15.5. The van der Waals surface area contributed by atoms with E-state index in [1.807, 2.05) is 36.4 Å². The lowest BCUT2D eigenvalue weighted by molar-refractivity contribution is 0.0961. The van der Waals surface area contributed by atoms with E-state index in [1.54, 1.807) is 24.3 Å². The summed E-state index contributed by atoms with van der Waals surface area (Å²) in [5, 5.41) is 16.2. The zero-order valence-corrected chi connectivity index (χ0v) is 17.3. The lowest BCUT2D eigenvalue weighted by Crippen LogP contribution is -2.18. The van der Waals surface area contributed by atoms with Crippen LogP contribution < -0.4 is 15.4 Å². The Kier molecular flexibility index (Phi) is 5.98. The topological polar surface area (TPSA) is 101 Å². The number of carbonyl (C=O) groups is 2. The molecule has 0 aliphatic rings. The summed E-state index contributed by atoms with van der Waals surface area (Å²) in [6.07, 6.45) is 0. The van der Waals surface area contributed by atoms with Crippen LogP contribution >= 0.6 is 0 Å². The van der Waals surface area contributed by atoms with Crippen molar-refractivity contribution in [2.75, 3.05) is 12.4 Å². The largest absolute Gasteiger partial charge is 0.506 e. The fourth-order valence-electron chi connectivity index (χ4n) is 3.16. The average Bonchev–Trinajstić information content (AvgIpc) is 2.83. The highest BCUT2D eigenvalue weighted by Crippen LogP contribution is 2.25. The van der Waals surface area contributed by atoms with Gasteiger partial charge in [-0.05, 0) is 54.6 Å². The molecule has 0 bridgehead atoms. The number of nitrogens with one attached hydrogen (secondary N) is 2. The Labute approximate surface area is 184 Å². The molecule has 0 saturated heterocycles. The number of ether oxygens (including phenoxy) is 1. The van der Waals surface area contributed by atoms with Gasteiger partial charge in [-0.15, -0.1) is 0 Å². The van der Waals surface area contributed by atoms with Crippen LogP contribution in [0.3, 0.4) is 0 Å². The molecule has 4 rings (SSSR count). The number of phenolic OH excluding ortho intramolecular Hbond substituents is 1. The second kappa shape index (κ2) is 9.18. The van der Waals surface area contributed by atoms with Gasteiger partial charge in [0.05, 0.1) is 16.9 Å². The Bertz CT molecular complexity index is 1290. The minimum absolute atomic E-state index is 0.131. The number of aromatic nitrogens is 1. The van der Waals surface area contributed by atoms with Crippen molar-refractivity contribution in [2.45, 2.75) is 6.61 Å². The Morgan fingerprint density at radius 3 is 2.44 bits per heavy atom. The van der Waals surface area contributed by atoms with Gasteiger partial charge in [-0.2, -0.15) is 0 Å². The zero-order chi connectivity index (χ0) is 22.5. The molecule has 0 aliphatic carbocycles. The number of hydrogen-bond acceptors (Lipinski definition) is 5. The molecule has 1 aromatic heterocycles. The molecule has 4 aromatic rings. The first-order valence-electron chi connectivity index (χ1n) is 9.97. The summed E-state index contributed by atoms with van der Waals surface area (Å²) < 4.78 is 5.79. The summed E-state index contributed by atoms with van der Waals surface area (Å²) >= 11 is 0. The number of aromatic hydroxyl groups is 1. The van der Waals surface area contributed by atoms with Crippen LogP contribution in [-0.2, 0) is 6.61 Å². The highest BCUT2D eigenvalue weighted by atomic mass is 16.5. The summed E-state index contributed by atoms with van der Waals surface area (Å²) in [5.41, 5.74) is 2.57. The number of para-hydroxylation sites is 1. The van der Waals surface area contributed by atoms with Crippen molar-refractivity contribution in [1.29, 1.82) is 0 Å². The number of pyridine rings is 1. The minimum atomic E-state index is -0.419. The second-order valence-corrected chi connectivity index (χ2v) is 7.07. The summed E-state index contributed by atoms with van der Waals surface area (Å²) in [7, 11) is 1.51. The van der Waals surface area contributed by atoms with Crippen molar-refractivity contribution in [1.82, 2.24) is 10.3 Å². The number of rotatable bonds is 6. The van der Waals surface area contributed by atoms with Crippen molar-refractivity contribution in [3.8, 4) is 11.5 Å². The van der Waals surface area contributed by atoms with Gasteiger partial charge in [-0.25, -0.2) is 4.98 Å². The molecule has 32 heavy (non-hydrogen) atoms. The van der Waals surface area contributed by atoms with Gasteiger partial charge in [0.15, 0.2) is 0 Å². The number of amides is 2. The molecular weight excluding hydrogens is 406 g/mol. The number of anilines is 1. The van der Waals surface area contributed by atoms with Crippen LogP contribution in [0.15, 0.2) is 78.9 Å². The fraction of sp³-hybridized carbons (Fsp3) is 0.0800. The Morgan fingerprint density at radius 2 is 1.66 bits per heavy atom. The normalized spacial score (nSPS) is 10.5. The zero-order valence-electron chi connectivity index (χ0n) is 17.3. The van der Waals surface area contributed by atoms with E-state index in [4.69, 9.17) is 4.74 Å². The molecule has 0 aliphatic heterocycles. The van der Waals surface area contributed by atoms with Crippen LogP contribution in [-0.4, -0.2) is 29.0 Å². The summed E-state index contributed by atoms with van der Waals surface area (Å²) in [6, 6.07) is 22.7. The van der Waals surface area contributed by atoms with Crippen molar-refractivity contribution in [3.05, 3.63) is 95.7 Å². The standard InChI is InChI=1S/C25H21N3O4/c1-26-24(30)18-9-13-23(29)22(14-18)28-25(31)17-7-11-20(12-8-17)32-15-19-10-6-16-4-2-3-5-21(16)27-19/h2-14,29H,15H2,1H3,(H,26,30)(H,28,31). The highest BCUT2D eigenvalue weighted by Gasteiger charge is 2.12. The molecule has 7 heteroatoms. The van der Waals surface area contributed by atoms with Crippen molar-refractivity contribution >= 4 is 28.4 Å². The molecule has 3 N–H and O–H groups in total. The predicted octanol–water partition coefficient (Wildman–Crippen LogP) is 4.13. The van der Waals surface area contributed by atoms with Crippen LogP contribution in [0.4, 0.5) is 5.69 Å². The lowest BCUT2D eigenvalue weighted by atomic mass is 10.1. The number of benzene rings is 3. The smallest absolute Gasteiger partial charge is 0.255 e. The Morgan fingerprint density at radius 1 is 0.906 bits per heavy atom. The molecule has 0 unspecified atom stereocenters. The van der Waals surface area contributed by atoms with E-state index < -0.39 is 5.91 Å². The summed E-state index contributed by atoms with van der Waals surface area (Å²) in [5.74, 6) is -0.269. The highest BCUT2D eigenvalue weighted by molar-refractivity contribution is 6.06. The van der Waals surface area contributed by atoms with E-state index in [-0.39, 0.29) is 17.3 Å². The second-order valence-electron chi connectivity index (χ2n) is 7.07. The van der Waals surface area contributed by atoms with E-state index in [1.165, 1.54) is 25.2 Å². The third-order valence-corrected chi connectivity index (χ3v) is 4.89. The number of nitrogens with zero attached hydrogens (tertiary/aromatic N) is 1. The van der Waals surface area contributed by atoms with Gasteiger partial charge < -0.3 is 20.5 Å². The van der Waals surface area contributed by atoms with Gasteiger partial charge in [-0.1, -0.05) is 24.3 Å². The van der Waals surface area contributed by atoms with Gasteiger partial charge in [0.2, 0.25) is 0 Å². The SMILES string of the molecule is CNC(=O)c1ccc(O)c(NC(=O)c2ccc(OCc3ccc4ccccc4n3)cc2)c1. The molecular formula is C25H21N3O4. The first-order valence-corrected chi connectivity index (χ1v) is 9.97. The summed E-state index contributed by atoms with van der Waals surface area (Å²) in [4.78, 5) is 28.9. The van der Waals surface area contributed by atoms with Gasteiger partial charge in [0, 0.05) is 23.6 Å². The maximum absolute atomic E-state index is 12.6. The van der Waals surface area contributed by atoms with Crippen molar-refractivity contribution < 1.29 is 19.4 Å². The maximum Gasteiger partial charge on any atom is 0.255 e. The fourth-order valence-corrected chi connectivity index (χ4v) is 3.16. The Hall–Kier alpha value is -4.39. The number of fused-ring (bicyclic) bond motifs is 1. The van der Waals surface area contributed by atoms with Gasteiger partial charge >= 0.3 is 0 Å². The van der Waals surface area contributed by atoms with E-state index in [0.29, 0.717) is 23.5 Å². The van der Waals surface area contributed by atoms with E-state index in [2.05, 4.69) is 15.6 Å². The van der Waals surface area contributed by atoms with Gasteiger partial charge in [0.1, 0.15) is 18.1 Å². The molecule has 0 saturated carbocycles. The summed E-state index contributed by atoms with van der Waals surface area (Å²) in [6.45, 7) is 0.302. The molecule has 3 aromatic carbocycles. The maximum atomic E-state index is 12.6. The van der Waals surface area contributed by atoms with Gasteiger partial charge in [0.25, 0.3) is 11.8 Å². The molecule has 7 nitrogen and oxygen atoms in total. The third-order valence-electron chi connectivity index (χ3n) is 4.89. The Balaban J connectivity index is 1.40. The molecule has 0 fully saturated rings. The molecule has 0 spiro atoms. The average molecular weight is 427 g/mol. The first kappa shape index (κ1) is 20.9. The van der Waals surface area contributed by atoms with E-state index in [9.17, 15) is 14.7 Å². The number of phenols is 1. The van der Waals surface area contributed by atoms with Crippen LogP contribution in [0, 0.1) is 0 Å². The molecule has 1 heterocycles. The van der Waals surface area contributed by atoms with E-state index >= 15 is 0 Å². The van der Waals surface area contributed by atoms with Crippen molar-refractivity contribution in [2.24, 2.45) is 0 Å². The molecule has 160 valence electrons. The molecule has 2 amide bonds. The number of carbonyl (C=O) groups excluding carboxylic acids is 2. The third kappa shape index (κ3) is 4.67. The minimum Gasteiger partial charge on any atom is -0.506 e. The van der Waals surface area contributed by atoms with E-state index in [0.717, 1.165) is 16.6 Å². The molecule has 0 atom stereocenters. The van der Waals surface area contributed by atoms with Crippen LogP contribution in [0.1, 0.15) is 26.4 Å². The van der Waals surface area contributed by atoms with Crippen LogP contribution in [0.5, 0.6) is 11.5 Å². The van der Waals surface area contributed by atoms with Crippen LogP contribution in [0.2, 0.25) is 0 Å².